The number of aliphatic hydroxyl groups is 1. The molecule has 1 fully saturated rings. The predicted octanol–water partition coefficient (Wildman–Crippen LogP) is 3.75. The SMILES string of the molecule is CCC1(O)C(C)(C)CCCCC1(C)C. The van der Waals surface area contributed by atoms with Crippen LogP contribution in [0.1, 0.15) is 66.7 Å². The molecule has 0 unspecified atom stereocenters. The van der Waals surface area contributed by atoms with E-state index in [0.717, 1.165) is 19.3 Å². The summed E-state index contributed by atoms with van der Waals surface area (Å²) in [5.74, 6) is 0. The second-order valence-corrected chi connectivity index (χ2v) is 6.19. The molecule has 1 rings (SSSR count). The van der Waals surface area contributed by atoms with Crippen molar-refractivity contribution in [1.29, 1.82) is 0 Å². The van der Waals surface area contributed by atoms with Crippen molar-refractivity contribution in [2.75, 3.05) is 0 Å². The van der Waals surface area contributed by atoms with Crippen LogP contribution < -0.4 is 0 Å². The van der Waals surface area contributed by atoms with Gasteiger partial charge in [0.25, 0.3) is 0 Å². The largest absolute Gasteiger partial charge is 0.389 e. The first kappa shape index (κ1) is 12.0. The van der Waals surface area contributed by atoms with E-state index in [1.54, 1.807) is 0 Å². The van der Waals surface area contributed by atoms with Gasteiger partial charge in [-0.05, 0) is 30.1 Å². The van der Waals surface area contributed by atoms with Gasteiger partial charge in [0.1, 0.15) is 0 Å². The van der Waals surface area contributed by atoms with Gasteiger partial charge < -0.3 is 5.11 Å². The van der Waals surface area contributed by atoms with Crippen LogP contribution in [0.15, 0.2) is 0 Å². The Morgan fingerprint density at radius 1 is 0.929 bits per heavy atom. The summed E-state index contributed by atoms with van der Waals surface area (Å²) in [4.78, 5) is 0. The fourth-order valence-electron chi connectivity index (χ4n) is 3.42. The van der Waals surface area contributed by atoms with E-state index in [1.807, 2.05) is 0 Å². The van der Waals surface area contributed by atoms with Crippen LogP contribution in [0.4, 0.5) is 0 Å². The highest BCUT2D eigenvalue weighted by atomic mass is 16.3. The van der Waals surface area contributed by atoms with E-state index in [1.165, 1.54) is 12.8 Å². The Hall–Kier alpha value is -0.0400. The van der Waals surface area contributed by atoms with E-state index in [-0.39, 0.29) is 10.8 Å². The highest BCUT2D eigenvalue weighted by Crippen LogP contribution is 2.53. The molecule has 1 aliphatic carbocycles. The van der Waals surface area contributed by atoms with E-state index in [0.29, 0.717) is 0 Å². The van der Waals surface area contributed by atoms with Crippen molar-refractivity contribution in [3.05, 3.63) is 0 Å². The maximum Gasteiger partial charge on any atom is 0.0746 e. The van der Waals surface area contributed by atoms with Gasteiger partial charge in [-0.2, -0.15) is 0 Å². The zero-order valence-electron chi connectivity index (χ0n) is 10.5. The van der Waals surface area contributed by atoms with Crippen LogP contribution in [0.3, 0.4) is 0 Å². The van der Waals surface area contributed by atoms with E-state index >= 15 is 0 Å². The summed E-state index contributed by atoms with van der Waals surface area (Å²) >= 11 is 0. The fraction of sp³-hybridized carbons (Fsp3) is 1.00. The summed E-state index contributed by atoms with van der Waals surface area (Å²) in [6, 6.07) is 0. The number of hydrogen-bond donors (Lipinski definition) is 1. The maximum atomic E-state index is 10.9. The minimum atomic E-state index is -0.503. The second kappa shape index (κ2) is 3.52. The summed E-state index contributed by atoms with van der Waals surface area (Å²) < 4.78 is 0. The first-order chi connectivity index (χ1) is 6.27. The lowest BCUT2D eigenvalue weighted by molar-refractivity contribution is -0.150. The summed E-state index contributed by atoms with van der Waals surface area (Å²) in [5, 5.41) is 10.9. The van der Waals surface area contributed by atoms with Crippen molar-refractivity contribution in [1.82, 2.24) is 0 Å². The summed E-state index contributed by atoms with van der Waals surface area (Å²) in [5.41, 5.74) is -0.389. The lowest BCUT2D eigenvalue weighted by Gasteiger charge is -2.51. The van der Waals surface area contributed by atoms with Crippen molar-refractivity contribution in [3.8, 4) is 0 Å². The molecular weight excluding hydrogens is 172 g/mol. The van der Waals surface area contributed by atoms with E-state index in [9.17, 15) is 5.11 Å². The Balaban J connectivity index is 3.10. The molecular formula is C13H26O. The molecule has 0 bridgehead atoms. The average Bonchev–Trinajstić information content (AvgIpc) is 2.16. The Bertz CT molecular complexity index is 185. The van der Waals surface area contributed by atoms with Crippen LogP contribution in [0.5, 0.6) is 0 Å². The summed E-state index contributed by atoms with van der Waals surface area (Å²) in [6.07, 6.45) is 5.70. The highest BCUT2D eigenvalue weighted by Gasteiger charge is 2.52. The Morgan fingerprint density at radius 2 is 1.29 bits per heavy atom. The minimum absolute atomic E-state index is 0.0573. The van der Waals surface area contributed by atoms with Crippen molar-refractivity contribution in [3.63, 3.8) is 0 Å². The molecule has 0 aromatic rings. The Morgan fingerprint density at radius 3 is 1.57 bits per heavy atom. The average molecular weight is 198 g/mol. The van der Waals surface area contributed by atoms with E-state index in [2.05, 4.69) is 34.6 Å². The Labute approximate surface area is 88.9 Å². The lowest BCUT2D eigenvalue weighted by Crippen LogP contribution is -2.54. The van der Waals surface area contributed by atoms with Gasteiger partial charge in [-0.15, -0.1) is 0 Å². The third-order valence-corrected chi connectivity index (χ3v) is 4.60. The molecule has 1 saturated carbocycles. The fourth-order valence-corrected chi connectivity index (χ4v) is 3.42. The van der Waals surface area contributed by atoms with E-state index in [4.69, 9.17) is 0 Å². The third kappa shape index (κ3) is 1.60. The predicted molar refractivity (Wildman–Crippen MR) is 61.3 cm³/mol. The molecule has 0 atom stereocenters. The van der Waals surface area contributed by atoms with Crippen LogP contribution >= 0.6 is 0 Å². The molecule has 1 aliphatic rings. The second-order valence-electron chi connectivity index (χ2n) is 6.19. The highest BCUT2D eigenvalue weighted by molar-refractivity contribution is 5.03. The molecule has 0 aliphatic heterocycles. The number of hydrogen-bond acceptors (Lipinski definition) is 1. The Kier molecular flexibility index (Phi) is 3.02. The summed E-state index contributed by atoms with van der Waals surface area (Å²) in [7, 11) is 0. The molecule has 0 heterocycles. The molecule has 0 spiro atoms. The van der Waals surface area contributed by atoms with Gasteiger partial charge in [0.05, 0.1) is 5.60 Å². The van der Waals surface area contributed by atoms with Crippen LogP contribution in [0.2, 0.25) is 0 Å². The van der Waals surface area contributed by atoms with Crippen LogP contribution in [-0.2, 0) is 0 Å². The van der Waals surface area contributed by atoms with Gasteiger partial charge in [-0.25, -0.2) is 0 Å². The molecule has 14 heavy (non-hydrogen) atoms. The zero-order chi connectivity index (χ0) is 11.0. The minimum Gasteiger partial charge on any atom is -0.389 e. The van der Waals surface area contributed by atoms with E-state index < -0.39 is 5.60 Å². The molecule has 1 heteroatoms. The molecule has 1 nitrogen and oxygen atoms in total. The van der Waals surface area contributed by atoms with Crippen LogP contribution in [-0.4, -0.2) is 10.7 Å². The van der Waals surface area contributed by atoms with Crippen molar-refractivity contribution in [2.45, 2.75) is 72.3 Å². The van der Waals surface area contributed by atoms with Gasteiger partial charge in [0.15, 0.2) is 0 Å². The monoisotopic (exact) mass is 198 g/mol. The molecule has 0 radical (unpaired) electrons. The first-order valence-electron chi connectivity index (χ1n) is 5.99. The molecule has 0 amide bonds. The summed E-state index contributed by atoms with van der Waals surface area (Å²) in [6.45, 7) is 11.0. The van der Waals surface area contributed by atoms with Crippen LogP contribution in [0.25, 0.3) is 0 Å². The third-order valence-electron chi connectivity index (χ3n) is 4.60. The standard InChI is InChI=1S/C13H26O/c1-6-13(14)11(2,3)9-7-8-10-12(13,4)5/h14H,6-10H2,1-5H3. The normalized spacial score (nSPS) is 29.6. The molecule has 84 valence electrons. The van der Waals surface area contributed by atoms with Gasteiger partial charge in [-0.1, -0.05) is 47.5 Å². The quantitative estimate of drug-likeness (QED) is 0.636. The van der Waals surface area contributed by atoms with Crippen molar-refractivity contribution >= 4 is 0 Å². The zero-order valence-corrected chi connectivity index (χ0v) is 10.5. The molecule has 1 N–H and O–H groups in total. The first-order valence-corrected chi connectivity index (χ1v) is 5.99. The van der Waals surface area contributed by atoms with Gasteiger partial charge in [0, 0.05) is 0 Å². The van der Waals surface area contributed by atoms with Gasteiger partial charge in [0.2, 0.25) is 0 Å². The van der Waals surface area contributed by atoms with Gasteiger partial charge in [-0.3, -0.25) is 0 Å². The van der Waals surface area contributed by atoms with Crippen LogP contribution in [0, 0.1) is 10.8 Å². The maximum absolute atomic E-state index is 10.9. The number of rotatable bonds is 1. The smallest absolute Gasteiger partial charge is 0.0746 e. The molecule has 0 saturated heterocycles. The lowest BCUT2D eigenvalue weighted by atomic mass is 9.59. The van der Waals surface area contributed by atoms with Gasteiger partial charge >= 0.3 is 0 Å². The molecule has 0 aromatic heterocycles. The van der Waals surface area contributed by atoms with Crippen molar-refractivity contribution < 1.29 is 5.11 Å². The van der Waals surface area contributed by atoms with Crippen molar-refractivity contribution in [2.24, 2.45) is 10.8 Å². The topological polar surface area (TPSA) is 20.2 Å². The molecule has 0 aromatic carbocycles.